The zero-order valence-corrected chi connectivity index (χ0v) is 17.6. The van der Waals surface area contributed by atoms with Gasteiger partial charge in [-0.2, -0.15) is 0 Å². The molecular formula is C24H24ClFN2O2. The minimum atomic E-state index is -0.443. The van der Waals surface area contributed by atoms with Gasteiger partial charge in [0.15, 0.2) is 11.5 Å². The van der Waals surface area contributed by atoms with E-state index in [2.05, 4.69) is 9.88 Å². The van der Waals surface area contributed by atoms with E-state index < -0.39 is 5.82 Å². The number of rotatable bonds is 7. The van der Waals surface area contributed by atoms with Crippen LogP contribution in [-0.4, -0.2) is 18.2 Å². The summed E-state index contributed by atoms with van der Waals surface area (Å²) >= 11 is 6.08. The number of nitrogens with zero attached hydrogens (tertiary/aromatic N) is 2. The van der Waals surface area contributed by atoms with Crippen LogP contribution in [0.25, 0.3) is 0 Å². The number of aromatic nitrogens is 1. The van der Waals surface area contributed by atoms with Gasteiger partial charge in [-0.05, 0) is 67.6 Å². The largest absolute Gasteiger partial charge is 0.493 e. The van der Waals surface area contributed by atoms with Crippen molar-refractivity contribution in [2.45, 2.75) is 38.3 Å². The van der Waals surface area contributed by atoms with Crippen LogP contribution in [0, 0.1) is 5.82 Å². The third-order valence-electron chi connectivity index (χ3n) is 5.33. The van der Waals surface area contributed by atoms with Crippen molar-refractivity contribution >= 4 is 23.0 Å². The van der Waals surface area contributed by atoms with Gasteiger partial charge in [-0.1, -0.05) is 17.7 Å². The SMILES string of the molecule is COc1ccc(N(Cc2cccnc2)c2ccc(F)c(Cl)c2)cc1OC1CCCC1. The van der Waals surface area contributed by atoms with E-state index in [1.165, 1.54) is 18.9 Å². The Bertz CT molecular complexity index is 994. The maximum absolute atomic E-state index is 13.8. The Hall–Kier alpha value is -2.79. The lowest BCUT2D eigenvalue weighted by Gasteiger charge is -2.27. The molecule has 156 valence electrons. The van der Waals surface area contributed by atoms with Gasteiger partial charge in [-0.3, -0.25) is 4.98 Å². The first-order chi connectivity index (χ1) is 14.6. The molecule has 0 amide bonds. The van der Waals surface area contributed by atoms with Gasteiger partial charge >= 0.3 is 0 Å². The normalized spacial score (nSPS) is 14.0. The van der Waals surface area contributed by atoms with Crippen molar-refractivity contribution < 1.29 is 13.9 Å². The number of halogens is 2. The van der Waals surface area contributed by atoms with E-state index in [9.17, 15) is 4.39 Å². The van der Waals surface area contributed by atoms with Gasteiger partial charge in [-0.25, -0.2) is 4.39 Å². The second-order valence-corrected chi connectivity index (χ2v) is 7.81. The summed E-state index contributed by atoms with van der Waals surface area (Å²) in [6.07, 6.45) is 8.25. The number of hydrogen-bond donors (Lipinski definition) is 0. The average Bonchev–Trinajstić information content (AvgIpc) is 3.28. The maximum Gasteiger partial charge on any atom is 0.163 e. The topological polar surface area (TPSA) is 34.6 Å². The van der Waals surface area contributed by atoms with E-state index in [1.54, 1.807) is 25.4 Å². The third kappa shape index (κ3) is 4.68. The maximum atomic E-state index is 13.8. The lowest BCUT2D eigenvalue weighted by molar-refractivity contribution is 0.201. The molecule has 1 aliphatic carbocycles. The number of benzene rings is 2. The summed E-state index contributed by atoms with van der Waals surface area (Å²) in [5.74, 6) is 0.970. The minimum Gasteiger partial charge on any atom is -0.493 e. The summed E-state index contributed by atoms with van der Waals surface area (Å²) in [5.41, 5.74) is 2.70. The second kappa shape index (κ2) is 9.35. The van der Waals surface area contributed by atoms with Gasteiger partial charge in [0, 0.05) is 36.4 Å². The van der Waals surface area contributed by atoms with Gasteiger partial charge in [0.1, 0.15) is 5.82 Å². The average molecular weight is 427 g/mol. The van der Waals surface area contributed by atoms with Crippen LogP contribution in [-0.2, 0) is 6.54 Å². The Morgan fingerprint density at radius 2 is 1.83 bits per heavy atom. The summed E-state index contributed by atoms with van der Waals surface area (Å²) in [5, 5.41) is 0.0830. The standard InChI is InChI=1S/C24H24ClFN2O2/c1-29-23-11-9-19(14-24(23)30-20-6-2-3-7-20)28(16-17-5-4-12-27-15-17)18-8-10-22(26)21(25)13-18/h4-5,8-15,20H,2-3,6-7,16H2,1H3. The molecule has 0 saturated heterocycles. The van der Waals surface area contributed by atoms with Crippen molar-refractivity contribution in [2.75, 3.05) is 12.0 Å². The van der Waals surface area contributed by atoms with Crippen LogP contribution < -0.4 is 14.4 Å². The van der Waals surface area contributed by atoms with Crippen LogP contribution in [0.5, 0.6) is 11.5 Å². The van der Waals surface area contributed by atoms with Crippen molar-refractivity contribution in [2.24, 2.45) is 0 Å². The molecule has 1 saturated carbocycles. The van der Waals surface area contributed by atoms with Crippen molar-refractivity contribution in [1.82, 2.24) is 4.98 Å². The number of anilines is 2. The Morgan fingerprint density at radius 3 is 2.53 bits per heavy atom. The van der Waals surface area contributed by atoms with Crippen LogP contribution in [0.2, 0.25) is 5.02 Å². The molecular weight excluding hydrogens is 403 g/mol. The molecule has 30 heavy (non-hydrogen) atoms. The fraction of sp³-hybridized carbons (Fsp3) is 0.292. The molecule has 0 N–H and O–H groups in total. The lowest BCUT2D eigenvalue weighted by Crippen LogP contribution is -2.17. The van der Waals surface area contributed by atoms with Gasteiger partial charge in [0.25, 0.3) is 0 Å². The molecule has 2 aromatic carbocycles. The first kappa shape index (κ1) is 20.5. The Kier molecular flexibility index (Phi) is 6.38. The zero-order valence-electron chi connectivity index (χ0n) is 16.9. The number of hydrogen-bond acceptors (Lipinski definition) is 4. The van der Waals surface area contributed by atoms with Crippen molar-refractivity contribution in [3.63, 3.8) is 0 Å². The first-order valence-electron chi connectivity index (χ1n) is 10.1. The predicted octanol–water partition coefficient (Wildman–Crippen LogP) is 6.54. The molecule has 4 nitrogen and oxygen atoms in total. The number of pyridine rings is 1. The molecule has 3 aromatic rings. The van der Waals surface area contributed by atoms with E-state index in [4.69, 9.17) is 21.1 Å². The van der Waals surface area contributed by atoms with Gasteiger partial charge in [0.05, 0.1) is 18.2 Å². The summed E-state index contributed by atoms with van der Waals surface area (Å²) in [6, 6.07) is 14.5. The summed E-state index contributed by atoms with van der Waals surface area (Å²) < 4.78 is 25.6. The highest BCUT2D eigenvalue weighted by Crippen LogP contribution is 2.38. The molecule has 0 bridgehead atoms. The molecule has 0 aliphatic heterocycles. The molecule has 0 radical (unpaired) electrons. The van der Waals surface area contributed by atoms with Crippen LogP contribution in [0.1, 0.15) is 31.2 Å². The van der Waals surface area contributed by atoms with Gasteiger partial charge in [0.2, 0.25) is 0 Å². The summed E-state index contributed by atoms with van der Waals surface area (Å²) in [6.45, 7) is 0.547. The van der Waals surface area contributed by atoms with Gasteiger partial charge in [-0.15, -0.1) is 0 Å². The fourth-order valence-corrected chi connectivity index (χ4v) is 3.94. The second-order valence-electron chi connectivity index (χ2n) is 7.41. The molecule has 1 heterocycles. The molecule has 6 heteroatoms. The molecule has 1 fully saturated rings. The molecule has 4 rings (SSSR count). The molecule has 1 aromatic heterocycles. The zero-order chi connectivity index (χ0) is 20.9. The van der Waals surface area contributed by atoms with Crippen LogP contribution in [0.15, 0.2) is 60.9 Å². The highest BCUT2D eigenvalue weighted by Gasteiger charge is 2.20. The monoisotopic (exact) mass is 426 g/mol. The van der Waals surface area contributed by atoms with Crippen molar-refractivity contribution in [3.8, 4) is 11.5 Å². The fourth-order valence-electron chi connectivity index (χ4n) is 3.77. The third-order valence-corrected chi connectivity index (χ3v) is 5.62. The predicted molar refractivity (Wildman–Crippen MR) is 117 cm³/mol. The Morgan fingerprint density at radius 1 is 1.07 bits per heavy atom. The number of methoxy groups -OCH3 is 1. The Balaban J connectivity index is 1.72. The van der Waals surface area contributed by atoms with Crippen LogP contribution >= 0.6 is 11.6 Å². The lowest BCUT2D eigenvalue weighted by atomic mass is 10.1. The number of ether oxygens (including phenoxy) is 2. The minimum absolute atomic E-state index is 0.0830. The van der Waals surface area contributed by atoms with Crippen LogP contribution in [0.3, 0.4) is 0 Å². The smallest absolute Gasteiger partial charge is 0.163 e. The van der Waals surface area contributed by atoms with E-state index in [0.717, 1.165) is 29.8 Å². The molecule has 0 spiro atoms. The quantitative estimate of drug-likeness (QED) is 0.429. The molecule has 0 atom stereocenters. The Labute approximate surface area is 181 Å². The van der Waals surface area contributed by atoms with E-state index >= 15 is 0 Å². The highest BCUT2D eigenvalue weighted by molar-refractivity contribution is 6.31. The van der Waals surface area contributed by atoms with E-state index in [0.29, 0.717) is 18.0 Å². The molecule has 0 unspecified atom stereocenters. The summed E-state index contributed by atoms with van der Waals surface area (Å²) in [4.78, 5) is 6.27. The molecule has 1 aliphatic rings. The van der Waals surface area contributed by atoms with Crippen molar-refractivity contribution in [3.05, 3.63) is 77.3 Å². The first-order valence-corrected chi connectivity index (χ1v) is 10.5. The van der Waals surface area contributed by atoms with Gasteiger partial charge < -0.3 is 14.4 Å². The van der Waals surface area contributed by atoms with Crippen LogP contribution in [0.4, 0.5) is 15.8 Å². The van der Waals surface area contributed by atoms with E-state index in [-0.39, 0.29) is 11.1 Å². The van der Waals surface area contributed by atoms with E-state index in [1.807, 2.05) is 36.5 Å². The van der Waals surface area contributed by atoms with Crippen molar-refractivity contribution in [1.29, 1.82) is 0 Å². The summed E-state index contributed by atoms with van der Waals surface area (Å²) in [7, 11) is 1.64. The highest BCUT2D eigenvalue weighted by atomic mass is 35.5.